The molecule has 1 amide bonds. The maximum absolute atomic E-state index is 12.2. The Hall–Kier alpha value is -3.53. The zero-order valence-electron chi connectivity index (χ0n) is 17.4. The van der Waals surface area contributed by atoms with Gasteiger partial charge in [-0.1, -0.05) is 56.3 Å². The molecular formula is C26H27NO3. The molecule has 3 rings (SSSR count). The van der Waals surface area contributed by atoms with Crippen molar-refractivity contribution in [3.63, 3.8) is 0 Å². The molecule has 3 aromatic rings. The van der Waals surface area contributed by atoms with Gasteiger partial charge in [-0.3, -0.25) is 4.79 Å². The molecule has 0 heterocycles. The second kappa shape index (κ2) is 10.9. The van der Waals surface area contributed by atoms with Gasteiger partial charge in [-0.25, -0.2) is 0 Å². The first-order valence-electron chi connectivity index (χ1n) is 10.1. The molecule has 0 unspecified atom stereocenters. The van der Waals surface area contributed by atoms with E-state index in [1.54, 1.807) is 6.08 Å². The third-order valence-corrected chi connectivity index (χ3v) is 4.24. The molecule has 0 aliphatic carbocycles. The average Bonchev–Trinajstić information content (AvgIpc) is 2.77. The van der Waals surface area contributed by atoms with Crippen molar-refractivity contribution in [1.29, 1.82) is 0 Å². The number of anilines is 1. The summed E-state index contributed by atoms with van der Waals surface area (Å²) in [7, 11) is 0. The number of hydrogen-bond acceptors (Lipinski definition) is 3. The molecule has 0 fully saturated rings. The molecular weight excluding hydrogens is 374 g/mol. The van der Waals surface area contributed by atoms with Crippen LogP contribution in [0.25, 0.3) is 6.08 Å². The maximum Gasteiger partial charge on any atom is 0.248 e. The highest BCUT2D eigenvalue weighted by atomic mass is 16.5. The van der Waals surface area contributed by atoms with Crippen molar-refractivity contribution in [2.75, 3.05) is 11.9 Å². The van der Waals surface area contributed by atoms with Crippen molar-refractivity contribution in [1.82, 2.24) is 0 Å². The molecule has 0 spiro atoms. The first kappa shape index (κ1) is 21.2. The van der Waals surface area contributed by atoms with Crippen LogP contribution in [0, 0.1) is 5.92 Å². The van der Waals surface area contributed by atoms with Crippen LogP contribution in [-0.2, 0) is 11.4 Å². The predicted molar refractivity (Wildman–Crippen MR) is 122 cm³/mol. The van der Waals surface area contributed by atoms with Crippen LogP contribution in [0.4, 0.5) is 5.69 Å². The lowest BCUT2D eigenvalue weighted by Crippen LogP contribution is -2.08. The van der Waals surface area contributed by atoms with Gasteiger partial charge in [0.05, 0.1) is 6.61 Å². The van der Waals surface area contributed by atoms with E-state index in [-0.39, 0.29) is 5.91 Å². The highest BCUT2D eigenvalue weighted by Crippen LogP contribution is 2.18. The molecule has 3 aromatic carbocycles. The van der Waals surface area contributed by atoms with E-state index >= 15 is 0 Å². The molecule has 0 radical (unpaired) electrons. The van der Waals surface area contributed by atoms with E-state index in [4.69, 9.17) is 9.47 Å². The van der Waals surface area contributed by atoms with Gasteiger partial charge in [0, 0.05) is 11.8 Å². The minimum absolute atomic E-state index is 0.193. The number of carbonyl (C=O) groups excluding carboxylic acids is 1. The Kier molecular flexibility index (Phi) is 7.67. The van der Waals surface area contributed by atoms with Crippen LogP contribution >= 0.6 is 0 Å². The van der Waals surface area contributed by atoms with Gasteiger partial charge in [0.1, 0.15) is 18.1 Å². The summed E-state index contributed by atoms with van der Waals surface area (Å²) in [5.74, 6) is 1.83. The standard InChI is InChI=1S/C26H27NO3/c1-20(2)18-29-24-14-12-23(13-15-24)27-26(28)16-11-21-9-6-10-25(17-21)30-19-22-7-4-3-5-8-22/h3-17,20H,18-19H2,1-2H3,(H,27,28)/b16-11+. The Bertz CT molecular complexity index is 963. The summed E-state index contributed by atoms with van der Waals surface area (Å²) in [6, 6.07) is 25.0. The van der Waals surface area contributed by atoms with E-state index in [2.05, 4.69) is 19.2 Å². The molecule has 0 aliphatic rings. The molecule has 154 valence electrons. The van der Waals surface area contributed by atoms with Gasteiger partial charge < -0.3 is 14.8 Å². The van der Waals surface area contributed by atoms with Crippen molar-refractivity contribution in [2.24, 2.45) is 5.92 Å². The number of hydrogen-bond donors (Lipinski definition) is 1. The first-order valence-corrected chi connectivity index (χ1v) is 10.1. The molecule has 0 atom stereocenters. The van der Waals surface area contributed by atoms with Crippen LogP contribution in [0.15, 0.2) is 84.9 Å². The van der Waals surface area contributed by atoms with Gasteiger partial charge in [0.2, 0.25) is 5.91 Å². The highest BCUT2D eigenvalue weighted by molar-refractivity contribution is 6.01. The zero-order valence-corrected chi connectivity index (χ0v) is 17.4. The van der Waals surface area contributed by atoms with Crippen molar-refractivity contribution >= 4 is 17.7 Å². The SMILES string of the molecule is CC(C)COc1ccc(NC(=O)/C=C/c2cccc(OCc3ccccc3)c2)cc1. The quantitative estimate of drug-likeness (QED) is 0.451. The third-order valence-electron chi connectivity index (χ3n) is 4.24. The number of amides is 1. The lowest BCUT2D eigenvalue weighted by atomic mass is 10.2. The number of nitrogens with one attached hydrogen (secondary N) is 1. The Morgan fingerprint density at radius 3 is 2.40 bits per heavy atom. The van der Waals surface area contributed by atoms with Gasteiger partial charge >= 0.3 is 0 Å². The van der Waals surface area contributed by atoms with Crippen LogP contribution in [0.5, 0.6) is 11.5 Å². The van der Waals surface area contributed by atoms with E-state index in [0.717, 1.165) is 28.3 Å². The first-order chi connectivity index (χ1) is 14.6. The van der Waals surface area contributed by atoms with E-state index in [9.17, 15) is 4.79 Å². The van der Waals surface area contributed by atoms with E-state index in [0.29, 0.717) is 19.1 Å². The molecule has 4 heteroatoms. The lowest BCUT2D eigenvalue weighted by molar-refractivity contribution is -0.111. The van der Waals surface area contributed by atoms with Crippen LogP contribution in [0.3, 0.4) is 0 Å². The topological polar surface area (TPSA) is 47.6 Å². The summed E-state index contributed by atoms with van der Waals surface area (Å²) in [6.07, 6.45) is 3.28. The van der Waals surface area contributed by atoms with Crippen molar-refractivity contribution in [3.8, 4) is 11.5 Å². The predicted octanol–water partition coefficient (Wildman–Crippen LogP) is 5.95. The smallest absolute Gasteiger partial charge is 0.248 e. The molecule has 0 saturated heterocycles. The van der Waals surface area contributed by atoms with Crippen LogP contribution in [-0.4, -0.2) is 12.5 Å². The normalized spacial score (nSPS) is 10.9. The summed E-state index contributed by atoms with van der Waals surface area (Å²) >= 11 is 0. The number of rotatable bonds is 9. The number of benzene rings is 3. The number of carbonyl (C=O) groups is 1. The van der Waals surface area contributed by atoms with Crippen LogP contribution in [0.2, 0.25) is 0 Å². The Balaban J connectivity index is 1.52. The monoisotopic (exact) mass is 401 g/mol. The Labute approximate surface area is 178 Å². The third kappa shape index (κ3) is 7.13. The summed E-state index contributed by atoms with van der Waals surface area (Å²) in [4.78, 5) is 12.2. The van der Waals surface area contributed by atoms with Gasteiger partial charge in [-0.05, 0) is 59.5 Å². The fourth-order valence-corrected chi connectivity index (χ4v) is 2.70. The molecule has 1 N–H and O–H groups in total. The molecule has 0 saturated carbocycles. The highest BCUT2D eigenvalue weighted by Gasteiger charge is 2.01. The largest absolute Gasteiger partial charge is 0.493 e. The van der Waals surface area contributed by atoms with Crippen LogP contribution in [0.1, 0.15) is 25.0 Å². The van der Waals surface area contributed by atoms with Gasteiger partial charge in [0.15, 0.2) is 0 Å². The van der Waals surface area contributed by atoms with Gasteiger partial charge in [-0.15, -0.1) is 0 Å². The fourth-order valence-electron chi connectivity index (χ4n) is 2.70. The maximum atomic E-state index is 12.2. The number of ether oxygens (including phenoxy) is 2. The van der Waals surface area contributed by atoms with Gasteiger partial charge in [-0.2, -0.15) is 0 Å². The summed E-state index contributed by atoms with van der Waals surface area (Å²) in [5, 5.41) is 2.85. The zero-order chi connectivity index (χ0) is 21.2. The van der Waals surface area contributed by atoms with Gasteiger partial charge in [0.25, 0.3) is 0 Å². The van der Waals surface area contributed by atoms with Crippen molar-refractivity contribution in [2.45, 2.75) is 20.5 Å². The minimum atomic E-state index is -0.193. The minimum Gasteiger partial charge on any atom is -0.493 e. The summed E-state index contributed by atoms with van der Waals surface area (Å²) in [6.45, 7) is 5.38. The van der Waals surface area contributed by atoms with E-state index < -0.39 is 0 Å². The second-order valence-electron chi connectivity index (χ2n) is 7.40. The van der Waals surface area contributed by atoms with E-state index in [1.165, 1.54) is 6.08 Å². The molecule has 4 nitrogen and oxygen atoms in total. The molecule has 0 bridgehead atoms. The average molecular weight is 402 g/mol. The fraction of sp³-hybridized carbons (Fsp3) is 0.192. The Morgan fingerprint density at radius 2 is 1.67 bits per heavy atom. The second-order valence-corrected chi connectivity index (χ2v) is 7.40. The van der Waals surface area contributed by atoms with Crippen molar-refractivity contribution in [3.05, 3.63) is 96.1 Å². The summed E-state index contributed by atoms with van der Waals surface area (Å²) in [5.41, 5.74) is 2.73. The Morgan fingerprint density at radius 1 is 0.900 bits per heavy atom. The van der Waals surface area contributed by atoms with E-state index in [1.807, 2.05) is 78.9 Å². The van der Waals surface area contributed by atoms with Crippen molar-refractivity contribution < 1.29 is 14.3 Å². The molecule has 30 heavy (non-hydrogen) atoms. The molecule has 0 aromatic heterocycles. The molecule has 0 aliphatic heterocycles. The van der Waals surface area contributed by atoms with Crippen LogP contribution < -0.4 is 14.8 Å². The summed E-state index contributed by atoms with van der Waals surface area (Å²) < 4.78 is 11.5. The lowest BCUT2D eigenvalue weighted by Gasteiger charge is -2.09.